The standard InChI is InChI=1S/C13H18BrN3O.2ClH/c1-17(10-3-4-10)7-6-16-13(18)11-5-2-9(14)8-12(11)15;;/h2,5,8,10H,3-4,6-7,15H2,1H3,(H,16,18);2*1H. The lowest BCUT2D eigenvalue weighted by atomic mass is 10.1. The predicted octanol–water partition coefficient (Wildman–Crippen LogP) is 2.70. The van der Waals surface area contributed by atoms with Crippen molar-refractivity contribution in [1.29, 1.82) is 0 Å². The fourth-order valence-electron chi connectivity index (χ4n) is 1.88. The lowest BCUT2D eigenvalue weighted by Gasteiger charge is -2.16. The van der Waals surface area contributed by atoms with Crippen molar-refractivity contribution in [2.75, 3.05) is 25.9 Å². The molecule has 0 aliphatic heterocycles. The molecule has 20 heavy (non-hydrogen) atoms. The average molecular weight is 385 g/mol. The second kappa shape index (κ2) is 8.72. The Morgan fingerprint density at radius 2 is 2.10 bits per heavy atom. The maximum atomic E-state index is 11.9. The Labute approximate surface area is 140 Å². The van der Waals surface area contributed by atoms with Gasteiger partial charge in [-0.25, -0.2) is 0 Å². The molecule has 1 amide bonds. The molecular weight excluding hydrogens is 365 g/mol. The molecule has 0 aromatic heterocycles. The zero-order valence-electron chi connectivity index (χ0n) is 11.3. The van der Waals surface area contributed by atoms with Crippen LogP contribution in [0.3, 0.4) is 0 Å². The minimum Gasteiger partial charge on any atom is -0.398 e. The van der Waals surface area contributed by atoms with Gasteiger partial charge in [-0.15, -0.1) is 24.8 Å². The van der Waals surface area contributed by atoms with Crippen molar-refractivity contribution in [3.8, 4) is 0 Å². The van der Waals surface area contributed by atoms with Gasteiger partial charge in [-0.05, 0) is 38.1 Å². The van der Waals surface area contributed by atoms with Crippen molar-refractivity contribution < 1.29 is 4.79 Å². The fraction of sp³-hybridized carbons (Fsp3) is 0.462. The Kier molecular flexibility index (Phi) is 8.51. The molecule has 0 radical (unpaired) electrons. The van der Waals surface area contributed by atoms with Crippen molar-refractivity contribution in [2.45, 2.75) is 18.9 Å². The first-order chi connectivity index (χ1) is 8.58. The van der Waals surface area contributed by atoms with Gasteiger partial charge in [0.1, 0.15) is 0 Å². The average Bonchev–Trinajstić information content (AvgIpc) is 3.12. The summed E-state index contributed by atoms with van der Waals surface area (Å²) in [5.74, 6) is -0.107. The highest BCUT2D eigenvalue weighted by Crippen LogP contribution is 2.24. The molecule has 1 fully saturated rings. The number of amides is 1. The molecule has 1 aromatic carbocycles. The molecule has 4 nitrogen and oxygen atoms in total. The fourth-order valence-corrected chi connectivity index (χ4v) is 2.26. The lowest BCUT2D eigenvalue weighted by molar-refractivity contribution is 0.0950. The minimum atomic E-state index is -0.107. The van der Waals surface area contributed by atoms with Crippen molar-refractivity contribution in [3.63, 3.8) is 0 Å². The molecule has 2 rings (SSSR count). The van der Waals surface area contributed by atoms with Crippen LogP contribution in [0.5, 0.6) is 0 Å². The van der Waals surface area contributed by atoms with E-state index in [1.807, 2.05) is 6.07 Å². The highest BCUT2D eigenvalue weighted by atomic mass is 79.9. The predicted molar refractivity (Wildman–Crippen MR) is 91.0 cm³/mol. The third kappa shape index (κ3) is 5.48. The van der Waals surface area contributed by atoms with E-state index in [0.29, 0.717) is 17.8 Å². The van der Waals surface area contributed by atoms with E-state index in [-0.39, 0.29) is 30.7 Å². The van der Waals surface area contributed by atoms with Gasteiger partial charge >= 0.3 is 0 Å². The third-order valence-electron chi connectivity index (χ3n) is 3.18. The Morgan fingerprint density at radius 3 is 2.65 bits per heavy atom. The van der Waals surface area contributed by atoms with Gasteiger partial charge in [-0.3, -0.25) is 4.79 Å². The quantitative estimate of drug-likeness (QED) is 0.767. The molecule has 114 valence electrons. The van der Waals surface area contributed by atoms with Crippen LogP contribution in [0.2, 0.25) is 0 Å². The largest absolute Gasteiger partial charge is 0.398 e. The summed E-state index contributed by atoms with van der Waals surface area (Å²) in [4.78, 5) is 14.2. The Hall–Kier alpha value is -0.490. The maximum absolute atomic E-state index is 11.9. The number of nitrogens with one attached hydrogen (secondary N) is 1. The number of anilines is 1. The highest BCUT2D eigenvalue weighted by Gasteiger charge is 2.25. The Morgan fingerprint density at radius 1 is 1.45 bits per heavy atom. The monoisotopic (exact) mass is 383 g/mol. The number of hydrogen-bond donors (Lipinski definition) is 2. The summed E-state index contributed by atoms with van der Waals surface area (Å²) in [5, 5.41) is 2.90. The summed E-state index contributed by atoms with van der Waals surface area (Å²) in [5.41, 5.74) is 6.84. The van der Waals surface area contributed by atoms with E-state index in [1.54, 1.807) is 12.1 Å². The lowest BCUT2D eigenvalue weighted by Crippen LogP contribution is -2.34. The van der Waals surface area contributed by atoms with Crippen LogP contribution >= 0.6 is 40.7 Å². The first-order valence-corrected chi connectivity index (χ1v) is 6.90. The molecule has 0 unspecified atom stereocenters. The van der Waals surface area contributed by atoms with Gasteiger partial charge in [0, 0.05) is 29.3 Å². The number of carbonyl (C=O) groups is 1. The highest BCUT2D eigenvalue weighted by molar-refractivity contribution is 9.10. The third-order valence-corrected chi connectivity index (χ3v) is 3.67. The number of benzene rings is 1. The minimum absolute atomic E-state index is 0. The molecule has 3 N–H and O–H groups in total. The summed E-state index contributed by atoms with van der Waals surface area (Å²) in [6.45, 7) is 1.54. The van der Waals surface area contributed by atoms with Gasteiger partial charge in [0.05, 0.1) is 5.56 Å². The molecule has 1 aliphatic rings. The molecule has 0 bridgehead atoms. The van der Waals surface area contributed by atoms with Crippen LogP contribution in [0.25, 0.3) is 0 Å². The van der Waals surface area contributed by atoms with E-state index >= 15 is 0 Å². The van der Waals surface area contributed by atoms with Crippen LogP contribution in [0.1, 0.15) is 23.2 Å². The van der Waals surface area contributed by atoms with E-state index in [9.17, 15) is 4.79 Å². The molecule has 1 aromatic rings. The van der Waals surface area contributed by atoms with Crippen LogP contribution < -0.4 is 11.1 Å². The zero-order valence-corrected chi connectivity index (χ0v) is 14.5. The SMILES string of the molecule is CN(CCNC(=O)c1ccc(Br)cc1N)C1CC1.Cl.Cl. The Bertz CT molecular complexity index is 455. The van der Waals surface area contributed by atoms with E-state index in [0.717, 1.165) is 17.1 Å². The number of nitrogens with zero attached hydrogens (tertiary/aromatic N) is 1. The number of likely N-dealkylation sites (N-methyl/N-ethyl adjacent to an activating group) is 1. The smallest absolute Gasteiger partial charge is 0.253 e. The molecule has 0 spiro atoms. The van der Waals surface area contributed by atoms with Crippen molar-refractivity contribution in [3.05, 3.63) is 28.2 Å². The van der Waals surface area contributed by atoms with E-state index in [1.165, 1.54) is 12.8 Å². The molecular formula is C13H20BrCl2N3O. The number of hydrogen-bond acceptors (Lipinski definition) is 3. The van der Waals surface area contributed by atoms with Crippen LogP contribution in [0, 0.1) is 0 Å². The summed E-state index contributed by atoms with van der Waals surface area (Å²) >= 11 is 3.32. The zero-order chi connectivity index (χ0) is 13.1. The number of nitrogen functional groups attached to an aromatic ring is 1. The van der Waals surface area contributed by atoms with Crippen molar-refractivity contribution >= 4 is 52.3 Å². The molecule has 1 aliphatic carbocycles. The van der Waals surface area contributed by atoms with Gasteiger partial charge in [0.25, 0.3) is 5.91 Å². The van der Waals surface area contributed by atoms with E-state index in [2.05, 4.69) is 33.2 Å². The van der Waals surface area contributed by atoms with Gasteiger partial charge in [-0.2, -0.15) is 0 Å². The number of carbonyl (C=O) groups excluding carboxylic acids is 1. The van der Waals surface area contributed by atoms with E-state index in [4.69, 9.17) is 5.73 Å². The van der Waals surface area contributed by atoms with Gasteiger partial charge < -0.3 is 16.0 Å². The summed E-state index contributed by atoms with van der Waals surface area (Å²) in [6.07, 6.45) is 2.56. The Balaban J connectivity index is 0.00000180. The van der Waals surface area contributed by atoms with Crippen LogP contribution in [0.4, 0.5) is 5.69 Å². The molecule has 1 saturated carbocycles. The molecule has 7 heteroatoms. The topological polar surface area (TPSA) is 58.4 Å². The van der Waals surface area contributed by atoms with Crippen molar-refractivity contribution in [1.82, 2.24) is 10.2 Å². The van der Waals surface area contributed by atoms with Crippen LogP contribution in [-0.2, 0) is 0 Å². The van der Waals surface area contributed by atoms with Gasteiger partial charge in [-0.1, -0.05) is 15.9 Å². The molecule has 0 heterocycles. The second-order valence-corrected chi connectivity index (χ2v) is 5.61. The second-order valence-electron chi connectivity index (χ2n) is 4.70. The summed E-state index contributed by atoms with van der Waals surface area (Å²) in [6, 6.07) is 6.02. The molecule has 0 saturated heterocycles. The normalized spacial score (nSPS) is 13.3. The van der Waals surface area contributed by atoms with E-state index < -0.39 is 0 Å². The van der Waals surface area contributed by atoms with Crippen molar-refractivity contribution in [2.24, 2.45) is 0 Å². The first-order valence-electron chi connectivity index (χ1n) is 6.11. The summed E-state index contributed by atoms with van der Waals surface area (Å²) in [7, 11) is 2.10. The summed E-state index contributed by atoms with van der Waals surface area (Å²) < 4.78 is 0.880. The number of nitrogens with two attached hydrogens (primary N) is 1. The molecule has 0 atom stereocenters. The first kappa shape index (κ1) is 19.5. The van der Waals surface area contributed by atoms with Crippen LogP contribution in [-0.4, -0.2) is 37.0 Å². The van der Waals surface area contributed by atoms with Gasteiger partial charge in [0.2, 0.25) is 0 Å². The van der Waals surface area contributed by atoms with Gasteiger partial charge in [0.15, 0.2) is 0 Å². The number of rotatable bonds is 5. The maximum Gasteiger partial charge on any atom is 0.253 e. The van der Waals surface area contributed by atoms with Crippen LogP contribution in [0.15, 0.2) is 22.7 Å². The number of halogens is 3.